The second kappa shape index (κ2) is 13.6. The molecule has 3 N–H and O–H groups in total. The second-order valence-electron chi connectivity index (χ2n) is 16.5. The fourth-order valence-electron chi connectivity index (χ4n) is 9.54. The van der Waals surface area contributed by atoms with Crippen LogP contribution in [0.25, 0.3) is 44.3 Å². The van der Waals surface area contributed by atoms with Crippen molar-refractivity contribution in [2.45, 2.75) is 90.6 Å². The number of H-pyrrole nitrogens is 1. The molecule has 0 radical (unpaired) electrons. The van der Waals surface area contributed by atoms with Gasteiger partial charge in [0.1, 0.15) is 0 Å². The van der Waals surface area contributed by atoms with Gasteiger partial charge in [-0.2, -0.15) is 10.2 Å². The number of aryl methyl sites for hydroxylation is 3. The summed E-state index contributed by atoms with van der Waals surface area (Å²) in [5.74, 6) is 0.191. The summed E-state index contributed by atoms with van der Waals surface area (Å²) in [7, 11) is 0. The Bertz CT molecular complexity index is 2720. The molecule has 2 saturated heterocycles. The number of hydrogen-bond donors (Lipinski definition) is 3. The number of benzene rings is 2. The topological polar surface area (TPSA) is 149 Å². The molecule has 4 aromatic heterocycles. The summed E-state index contributed by atoms with van der Waals surface area (Å²) in [6.45, 7) is 14.1. The maximum atomic E-state index is 14.1. The van der Waals surface area contributed by atoms with Gasteiger partial charge in [0.05, 0.1) is 52.3 Å². The number of carbonyl (C=O) groups excluding carboxylic acids is 2. The highest BCUT2D eigenvalue weighted by molar-refractivity contribution is 5.91. The van der Waals surface area contributed by atoms with Gasteiger partial charge in [0, 0.05) is 58.4 Å². The van der Waals surface area contributed by atoms with E-state index in [0.717, 1.165) is 80.3 Å². The summed E-state index contributed by atoms with van der Waals surface area (Å²) in [4.78, 5) is 48.8. The largest absolute Gasteiger partial charge is 0.446 e. The number of hydrogen-bond acceptors (Lipinski definition) is 7. The van der Waals surface area contributed by atoms with E-state index in [2.05, 4.69) is 58.8 Å². The van der Waals surface area contributed by atoms with E-state index in [1.54, 1.807) is 12.3 Å². The molecule has 3 aliphatic heterocycles. The molecule has 4 atom stereocenters. The number of rotatable bonds is 5. The number of carbonyl (C=O) groups is 2. The second-order valence-corrected chi connectivity index (χ2v) is 16.5. The standard InChI is InChI=1S/C45H48N8O4/c1-7-52-38-19-28(17-25(2)31(38)22-48-52)36-12-10-34-41(51-36)57-24-27(4)37(21-30-13-16-47-43(56)45(30,34)6)53-39-20-29(18-26(3)32(39)23-49-53)35-11-9-33(40(54)50-35)44(5)14-8-15-46-42(44)55/h9-12,17-20,22-24,30,37H,7-8,13-16,21H2,1-6H3,(H,46,55)(H,47,56)(H,50,54). The Morgan fingerprint density at radius 2 is 1.56 bits per heavy atom. The summed E-state index contributed by atoms with van der Waals surface area (Å²) in [6, 6.07) is 15.8. The van der Waals surface area contributed by atoms with Crippen molar-refractivity contribution in [1.82, 2.24) is 40.2 Å². The molecule has 2 fully saturated rings. The average Bonchev–Trinajstić information content (AvgIpc) is 3.84. The molecule has 2 aromatic carbocycles. The molecule has 6 aromatic rings. The molecule has 9 rings (SSSR count). The zero-order valence-electron chi connectivity index (χ0n) is 33.3. The number of aromatic amines is 1. The van der Waals surface area contributed by atoms with Crippen LogP contribution in [0.15, 0.2) is 77.6 Å². The van der Waals surface area contributed by atoms with E-state index in [1.165, 1.54) is 0 Å². The first-order valence-electron chi connectivity index (χ1n) is 20.0. The van der Waals surface area contributed by atoms with Gasteiger partial charge >= 0.3 is 0 Å². The first-order chi connectivity index (χ1) is 27.4. The molecule has 2 amide bonds. The normalized spacial score (nSPS) is 23.7. The minimum atomic E-state index is -0.923. The molecule has 0 spiro atoms. The van der Waals surface area contributed by atoms with Crippen molar-refractivity contribution in [2.75, 3.05) is 13.1 Å². The molecule has 12 nitrogen and oxygen atoms in total. The van der Waals surface area contributed by atoms with Crippen molar-refractivity contribution >= 4 is 33.6 Å². The zero-order valence-corrected chi connectivity index (χ0v) is 33.3. The van der Waals surface area contributed by atoms with Crippen LogP contribution in [-0.2, 0) is 27.0 Å². The fraction of sp³-hybridized carbons (Fsp3) is 0.378. The van der Waals surface area contributed by atoms with Crippen molar-refractivity contribution in [3.05, 3.63) is 105 Å². The Balaban J connectivity index is 1.12. The third-order valence-corrected chi connectivity index (χ3v) is 13.1. The molecule has 3 aliphatic rings. The molecule has 0 aliphatic carbocycles. The number of nitrogens with one attached hydrogen (secondary N) is 3. The summed E-state index contributed by atoms with van der Waals surface area (Å²) < 4.78 is 10.6. The fourth-order valence-corrected chi connectivity index (χ4v) is 9.54. The van der Waals surface area contributed by atoms with Gasteiger partial charge in [-0.1, -0.05) is 12.1 Å². The molecule has 7 heterocycles. The van der Waals surface area contributed by atoms with E-state index in [-0.39, 0.29) is 29.3 Å². The van der Waals surface area contributed by atoms with Gasteiger partial charge in [-0.05, 0) is 126 Å². The maximum Gasteiger partial charge on any atom is 0.252 e. The van der Waals surface area contributed by atoms with Crippen LogP contribution in [0, 0.1) is 19.8 Å². The molecule has 0 saturated carbocycles. The van der Waals surface area contributed by atoms with Crippen LogP contribution in [0.2, 0.25) is 0 Å². The zero-order chi connectivity index (χ0) is 39.8. The van der Waals surface area contributed by atoms with E-state index in [0.29, 0.717) is 43.1 Å². The Kier molecular flexibility index (Phi) is 8.71. The van der Waals surface area contributed by atoms with E-state index in [1.807, 2.05) is 67.7 Å². The van der Waals surface area contributed by atoms with Crippen LogP contribution in [0.5, 0.6) is 5.88 Å². The Labute approximate surface area is 330 Å². The lowest BCUT2D eigenvalue weighted by Gasteiger charge is -2.42. The molecular weight excluding hydrogens is 717 g/mol. The molecule has 292 valence electrons. The average molecular weight is 765 g/mol. The minimum absolute atomic E-state index is 0.0454. The predicted octanol–water partition coefficient (Wildman–Crippen LogP) is 6.93. The number of amides is 2. The Hall–Kier alpha value is -6.04. The van der Waals surface area contributed by atoms with Crippen molar-refractivity contribution in [1.29, 1.82) is 0 Å². The van der Waals surface area contributed by atoms with E-state index in [9.17, 15) is 14.4 Å². The number of allylic oxidation sites excluding steroid dienone is 1. The third-order valence-electron chi connectivity index (χ3n) is 13.1. The number of piperidine rings is 2. The molecule has 57 heavy (non-hydrogen) atoms. The number of pyridine rings is 2. The van der Waals surface area contributed by atoms with E-state index >= 15 is 0 Å². The minimum Gasteiger partial charge on any atom is -0.446 e. The maximum absolute atomic E-state index is 14.1. The summed E-state index contributed by atoms with van der Waals surface area (Å²) in [6.07, 6.45) is 8.42. The van der Waals surface area contributed by atoms with Crippen molar-refractivity contribution in [3.8, 4) is 28.4 Å². The van der Waals surface area contributed by atoms with E-state index in [4.69, 9.17) is 14.8 Å². The SMILES string of the molecule is CCn1ncc2c(C)cc(-c3ccc4c(n3)OC=C(C)C(n3ncc5c(C)cc(-c6ccc(C7(C)CCCNC7=O)c(=O)[nH]6)cc53)CC3CCNC(=O)C43C)cc21. The smallest absolute Gasteiger partial charge is 0.252 e. The summed E-state index contributed by atoms with van der Waals surface area (Å²) in [5.41, 5.74) is 7.39. The first-order valence-corrected chi connectivity index (χ1v) is 20.0. The summed E-state index contributed by atoms with van der Waals surface area (Å²) in [5, 5.41) is 17.7. The number of nitrogens with zero attached hydrogens (tertiary/aromatic N) is 5. The van der Waals surface area contributed by atoms with Crippen LogP contribution < -0.4 is 20.9 Å². The van der Waals surface area contributed by atoms with Gasteiger partial charge in [-0.15, -0.1) is 0 Å². The van der Waals surface area contributed by atoms with Crippen molar-refractivity contribution in [2.24, 2.45) is 5.92 Å². The third kappa shape index (κ3) is 5.78. The van der Waals surface area contributed by atoms with Gasteiger partial charge < -0.3 is 20.4 Å². The number of fused-ring (bicyclic) bond motifs is 5. The van der Waals surface area contributed by atoms with Gasteiger partial charge in [0.25, 0.3) is 5.56 Å². The van der Waals surface area contributed by atoms with Crippen LogP contribution in [0.1, 0.15) is 81.7 Å². The van der Waals surface area contributed by atoms with Crippen LogP contribution >= 0.6 is 0 Å². The monoisotopic (exact) mass is 764 g/mol. The quantitative estimate of drug-likeness (QED) is 0.173. The highest BCUT2D eigenvalue weighted by Gasteiger charge is 2.49. The predicted molar refractivity (Wildman–Crippen MR) is 220 cm³/mol. The van der Waals surface area contributed by atoms with E-state index < -0.39 is 10.8 Å². The first kappa shape index (κ1) is 36.6. The lowest BCUT2D eigenvalue weighted by Crippen LogP contribution is -2.53. The Morgan fingerprint density at radius 1 is 0.842 bits per heavy atom. The van der Waals surface area contributed by atoms with Gasteiger partial charge in [-0.3, -0.25) is 23.7 Å². The van der Waals surface area contributed by atoms with Gasteiger partial charge in [0.15, 0.2) is 0 Å². The lowest BCUT2D eigenvalue weighted by molar-refractivity contribution is -0.131. The van der Waals surface area contributed by atoms with Crippen LogP contribution in [0.4, 0.5) is 0 Å². The highest BCUT2D eigenvalue weighted by Crippen LogP contribution is 2.47. The molecular formula is C45H48N8O4. The lowest BCUT2D eigenvalue weighted by atomic mass is 9.65. The molecule has 4 unspecified atom stereocenters. The Morgan fingerprint density at radius 3 is 2.33 bits per heavy atom. The van der Waals surface area contributed by atoms with Gasteiger partial charge in [-0.25, -0.2) is 4.98 Å². The number of ether oxygens (including phenoxy) is 1. The van der Waals surface area contributed by atoms with Crippen molar-refractivity contribution in [3.63, 3.8) is 0 Å². The number of aromatic nitrogens is 6. The molecule has 0 bridgehead atoms. The highest BCUT2D eigenvalue weighted by atomic mass is 16.5. The van der Waals surface area contributed by atoms with Crippen LogP contribution in [-0.4, -0.2) is 54.4 Å². The van der Waals surface area contributed by atoms with Gasteiger partial charge in [0.2, 0.25) is 17.7 Å². The van der Waals surface area contributed by atoms with Crippen molar-refractivity contribution < 1.29 is 14.3 Å². The van der Waals surface area contributed by atoms with Crippen LogP contribution in [0.3, 0.4) is 0 Å². The summed E-state index contributed by atoms with van der Waals surface area (Å²) >= 11 is 0. The molecule has 12 heteroatoms.